The number of guanidine groups is 1. The van der Waals surface area contributed by atoms with Crippen LogP contribution in [0.15, 0.2) is 17.6 Å². The van der Waals surface area contributed by atoms with E-state index in [-0.39, 0.29) is 24.6 Å². The highest BCUT2D eigenvalue weighted by Crippen LogP contribution is 2.11. The SMILES string of the molecule is C=CCNC(=NCC(=O)N(C)C)NC1CCN(C(=O)OC)CC1. The molecule has 23 heavy (non-hydrogen) atoms. The predicted octanol–water partition coefficient (Wildman–Crippen LogP) is 0.0266. The van der Waals surface area contributed by atoms with Crippen LogP contribution in [0.1, 0.15) is 12.8 Å². The van der Waals surface area contributed by atoms with Gasteiger partial charge in [-0.1, -0.05) is 6.08 Å². The molecule has 2 N–H and O–H groups in total. The van der Waals surface area contributed by atoms with E-state index in [0.717, 1.165) is 12.8 Å². The van der Waals surface area contributed by atoms with Gasteiger partial charge in [-0.15, -0.1) is 6.58 Å². The summed E-state index contributed by atoms with van der Waals surface area (Å²) in [6, 6.07) is 0.196. The van der Waals surface area contributed by atoms with E-state index in [1.54, 1.807) is 25.1 Å². The first-order valence-electron chi connectivity index (χ1n) is 7.66. The standard InChI is InChI=1S/C15H27N5O3/c1-5-8-16-14(17-11-13(21)19(2)3)18-12-6-9-20(10-7-12)15(22)23-4/h5,12H,1,6-11H2,2-4H3,(H2,16,17,18). The van der Waals surface area contributed by atoms with Gasteiger partial charge in [-0.2, -0.15) is 0 Å². The Kier molecular flexibility index (Phi) is 7.93. The number of hydrogen-bond acceptors (Lipinski definition) is 4. The molecule has 130 valence electrons. The molecule has 1 aliphatic rings. The Morgan fingerprint density at radius 2 is 2.04 bits per heavy atom. The molecule has 0 bridgehead atoms. The Labute approximate surface area is 137 Å². The number of amides is 2. The van der Waals surface area contributed by atoms with Gasteiger partial charge in [0.05, 0.1) is 7.11 Å². The average molecular weight is 325 g/mol. The van der Waals surface area contributed by atoms with Crippen molar-refractivity contribution in [1.82, 2.24) is 20.4 Å². The molecule has 0 unspecified atom stereocenters. The van der Waals surface area contributed by atoms with Crippen molar-refractivity contribution in [2.75, 3.05) is 47.4 Å². The predicted molar refractivity (Wildman–Crippen MR) is 89.3 cm³/mol. The molecule has 1 heterocycles. The van der Waals surface area contributed by atoms with E-state index in [4.69, 9.17) is 4.74 Å². The van der Waals surface area contributed by atoms with Gasteiger partial charge in [-0.05, 0) is 12.8 Å². The van der Waals surface area contributed by atoms with Crippen LogP contribution in [0.4, 0.5) is 4.79 Å². The van der Waals surface area contributed by atoms with Crippen LogP contribution >= 0.6 is 0 Å². The molecule has 1 fully saturated rings. The lowest BCUT2D eigenvalue weighted by molar-refractivity contribution is -0.127. The third kappa shape index (κ3) is 6.58. The van der Waals surface area contributed by atoms with Gasteiger partial charge >= 0.3 is 6.09 Å². The molecule has 1 rings (SSSR count). The molecule has 8 heteroatoms. The molecule has 2 amide bonds. The number of nitrogens with one attached hydrogen (secondary N) is 2. The smallest absolute Gasteiger partial charge is 0.409 e. The van der Waals surface area contributed by atoms with Gasteiger partial charge in [0.2, 0.25) is 5.91 Å². The van der Waals surface area contributed by atoms with Crippen LogP contribution in [0.3, 0.4) is 0 Å². The number of hydrogen-bond donors (Lipinski definition) is 2. The third-order valence-corrected chi connectivity index (χ3v) is 3.55. The number of piperidine rings is 1. The van der Waals surface area contributed by atoms with Crippen LogP contribution in [-0.4, -0.2) is 81.2 Å². The summed E-state index contributed by atoms with van der Waals surface area (Å²) in [4.78, 5) is 30.6. The van der Waals surface area contributed by atoms with Crippen molar-refractivity contribution >= 4 is 18.0 Å². The lowest BCUT2D eigenvalue weighted by Crippen LogP contribution is -2.50. The summed E-state index contributed by atoms with van der Waals surface area (Å²) in [5, 5.41) is 6.41. The minimum Gasteiger partial charge on any atom is -0.453 e. The van der Waals surface area contributed by atoms with Crippen molar-refractivity contribution in [3.8, 4) is 0 Å². The third-order valence-electron chi connectivity index (χ3n) is 3.55. The van der Waals surface area contributed by atoms with Gasteiger partial charge < -0.3 is 25.2 Å². The normalized spacial score (nSPS) is 15.8. The molecular formula is C15H27N5O3. The minimum atomic E-state index is -0.293. The summed E-state index contributed by atoms with van der Waals surface area (Å²) >= 11 is 0. The van der Waals surface area contributed by atoms with Crippen LogP contribution in [0.25, 0.3) is 0 Å². The Balaban J connectivity index is 2.54. The number of aliphatic imine (C=N–C) groups is 1. The summed E-state index contributed by atoms with van der Waals surface area (Å²) < 4.78 is 4.72. The van der Waals surface area contributed by atoms with Gasteiger partial charge in [0.1, 0.15) is 6.54 Å². The Bertz CT molecular complexity index is 442. The van der Waals surface area contributed by atoms with Crippen LogP contribution in [0.2, 0.25) is 0 Å². The van der Waals surface area contributed by atoms with Crippen molar-refractivity contribution < 1.29 is 14.3 Å². The van der Waals surface area contributed by atoms with Gasteiger partial charge in [0, 0.05) is 39.8 Å². The molecular weight excluding hydrogens is 298 g/mol. The Morgan fingerprint density at radius 1 is 1.39 bits per heavy atom. The van der Waals surface area contributed by atoms with E-state index in [1.165, 1.54) is 12.0 Å². The van der Waals surface area contributed by atoms with Crippen molar-refractivity contribution in [3.63, 3.8) is 0 Å². The summed E-state index contributed by atoms with van der Waals surface area (Å²) in [5.41, 5.74) is 0. The van der Waals surface area contributed by atoms with Gasteiger partial charge in [0.25, 0.3) is 0 Å². The molecule has 0 aromatic carbocycles. The first kappa shape index (κ1) is 18.8. The zero-order valence-electron chi connectivity index (χ0n) is 14.2. The largest absolute Gasteiger partial charge is 0.453 e. The number of nitrogens with zero attached hydrogens (tertiary/aromatic N) is 3. The van der Waals surface area contributed by atoms with E-state index in [2.05, 4.69) is 22.2 Å². The molecule has 0 saturated carbocycles. The van der Waals surface area contributed by atoms with Crippen molar-refractivity contribution in [1.29, 1.82) is 0 Å². The van der Waals surface area contributed by atoms with Crippen molar-refractivity contribution in [2.24, 2.45) is 4.99 Å². The van der Waals surface area contributed by atoms with E-state index >= 15 is 0 Å². The van der Waals surface area contributed by atoms with Gasteiger partial charge in [-0.3, -0.25) is 4.79 Å². The zero-order chi connectivity index (χ0) is 17.2. The Hall–Kier alpha value is -2.25. The molecule has 0 aromatic heterocycles. The topological polar surface area (TPSA) is 86.3 Å². The number of likely N-dealkylation sites (N-methyl/N-ethyl adjacent to an activating group) is 1. The van der Waals surface area contributed by atoms with Gasteiger partial charge in [0.15, 0.2) is 5.96 Å². The first-order chi connectivity index (χ1) is 11.0. The number of carbonyl (C=O) groups excluding carboxylic acids is 2. The highest BCUT2D eigenvalue weighted by atomic mass is 16.5. The molecule has 0 aromatic rings. The van der Waals surface area contributed by atoms with E-state index in [9.17, 15) is 9.59 Å². The minimum absolute atomic E-state index is 0.0646. The highest BCUT2D eigenvalue weighted by Gasteiger charge is 2.23. The monoisotopic (exact) mass is 325 g/mol. The fourth-order valence-corrected chi connectivity index (χ4v) is 2.14. The average Bonchev–Trinajstić information content (AvgIpc) is 2.56. The fourth-order valence-electron chi connectivity index (χ4n) is 2.14. The molecule has 0 radical (unpaired) electrons. The molecule has 1 saturated heterocycles. The maximum absolute atomic E-state index is 11.6. The summed E-state index contributed by atoms with van der Waals surface area (Å²) in [7, 11) is 4.79. The van der Waals surface area contributed by atoms with E-state index in [0.29, 0.717) is 25.6 Å². The second-order valence-electron chi connectivity index (χ2n) is 5.50. The lowest BCUT2D eigenvalue weighted by atomic mass is 10.1. The van der Waals surface area contributed by atoms with Gasteiger partial charge in [-0.25, -0.2) is 9.79 Å². The molecule has 0 atom stereocenters. The molecule has 0 spiro atoms. The molecule has 1 aliphatic heterocycles. The number of methoxy groups -OCH3 is 1. The summed E-state index contributed by atoms with van der Waals surface area (Å²) in [6.45, 7) is 5.57. The maximum atomic E-state index is 11.6. The van der Waals surface area contributed by atoms with E-state index < -0.39 is 0 Å². The second-order valence-corrected chi connectivity index (χ2v) is 5.50. The number of ether oxygens (including phenoxy) is 1. The number of likely N-dealkylation sites (tertiary alicyclic amines) is 1. The molecule has 0 aliphatic carbocycles. The van der Waals surface area contributed by atoms with Crippen LogP contribution < -0.4 is 10.6 Å². The lowest BCUT2D eigenvalue weighted by Gasteiger charge is -2.32. The van der Waals surface area contributed by atoms with Crippen LogP contribution in [0.5, 0.6) is 0 Å². The maximum Gasteiger partial charge on any atom is 0.409 e. The van der Waals surface area contributed by atoms with Crippen LogP contribution in [0, 0.1) is 0 Å². The fraction of sp³-hybridized carbons (Fsp3) is 0.667. The highest BCUT2D eigenvalue weighted by molar-refractivity contribution is 5.85. The second kappa shape index (κ2) is 9.70. The quantitative estimate of drug-likeness (QED) is 0.423. The summed E-state index contributed by atoms with van der Waals surface area (Å²) in [6.07, 6.45) is 3.03. The van der Waals surface area contributed by atoms with E-state index in [1.807, 2.05) is 0 Å². The first-order valence-corrected chi connectivity index (χ1v) is 7.66. The van der Waals surface area contributed by atoms with Crippen molar-refractivity contribution in [2.45, 2.75) is 18.9 Å². The summed E-state index contributed by atoms with van der Waals surface area (Å²) in [5.74, 6) is 0.516. The zero-order valence-corrected chi connectivity index (χ0v) is 14.2. The molecule has 8 nitrogen and oxygen atoms in total. The number of carbonyl (C=O) groups is 2. The Morgan fingerprint density at radius 3 is 2.57 bits per heavy atom. The van der Waals surface area contributed by atoms with Crippen molar-refractivity contribution in [3.05, 3.63) is 12.7 Å². The number of rotatable bonds is 5. The van der Waals surface area contributed by atoms with Crippen LogP contribution in [-0.2, 0) is 9.53 Å².